The van der Waals surface area contributed by atoms with E-state index in [2.05, 4.69) is 15.9 Å². The number of hydrogen-bond donors (Lipinski definition) is 1. The third kappa shape index (κ3) is 2.55. The van der Waals surface area contributed by atoms with Crippen molar-refractivity contribution >= 4 is 27.5 Å². The monoisotopic (exact) mass is 287 g/mol. The molecule has 15 heavy (non-hydrogen) atoms. The van der Waals surface area contributed by atoms with Crippen LogP contribution >= 0.6 is 27.5 Å². The molecule has 3 heteroatoms. The molecule has 1 aromatic rings. The molecular weight excluding hydrogens is 273 g/mol. The van der Waals surface area contributed by atoms with Crippen LogP contribution in [0.1, 0.15) is 37.3 Å². The maximum atomic E-state index is 6.28. The molecule has 1 aliphatic rings. The predicted octanol–water partition coefficient (Wildman–Crippen LogP) is 4.29. The van der Waals surface area contributed by atoms with Crippen molar-refractivity contribution in [2.75, 3.05) is 0 Å². The third-order valence-electron chi connectivity index (χ3n) is 3.23. The zero-order chi connectivity index (χ0) is 10.8. The van der Waals surface area contributed by atoms with Gasteiger partial charge in [-0.25, -0.2) is 0 Å². The van der Waals surface area contributed by atoms with Gasteiger partial charge in [0.25, 0.3) is 0 Å². The van der Waals surface area contributed by atoms with E-state index in [1.165, 1.54) is 31.2 Å². The Morgan fingerprint density at radius 3 is 2.60 bits per heavy atom. The lowest BCUT2D eigenvalue weighted by atomic mass is 9.93. The Morgan fingerprint density at radius 2 is 2.00 bits per heavy atom. The summed E-state index contributed by atoms with van der Waals surface area (Å²) in [6.07, 6.45) is 5.17. The molecular formula is C12H15BrClN. The molecule has 2 N–H and O–H groups in total. The van der Waals surface area contributed by atoms with Crippen molar-refractivity contribution in [3.63, 3.8) is 0 Å². The molecule has 0 heterocycles. The quantitative estimate of drug-likeness (QED) is 0.863. The summed E-state index contributed by atoms with van der Waals surface area (Å²) in [5.41, 5.74) is 7.46. The first-order chi connectivity index (χ1) is 7.18. The van der Waals surface area contributed by atoms with Crippen LogP contribution in [0.5, 0.6) is 0 Å². The summed E-state index contributed by atoms with van der Waals surface area (Å²) < 4.78 is 1.04. The summed E-state index contributed by atoms with van der Waals surface area (Å²) in [5, 5.41) is 0.754. The molecule has 0 radical (unpaired) electrons. The number of nitrogens with two attached hydrogens (primary N) is 1. The van der Waals surface area contributed by atoms with Crippen molar-refractivity contribution in [1.82, 2.24) is 0 Å². The van der Waals surface area contributed by atoms with Gasteiger partial charge in [0, 0.05) is 15.5 Å². The van der Waals surface area contributed by atoms with Gasteiger partial charge in [-0.2, -0.15) is 0 Å². The van der Waals surface area contributed by atoms with Gasteiger partial charge in [-0.05, 0) is 36.5 Å². The highest BCUT2D eigenvalue weighted by molar-refractivity contribution is 9.10. The van der Waals surface area contributed by atoms with Gasteiger partial charge >= 0.3 is 0 Å². The number of rotatable bonds is 2. The van der Waals surface area contributed by atoms with Crippen LogP contribution in [-0.4, -0.2) is 0 Å². The van der Waals surface area contributed by atoms with Crippen LogP contribution in [0.25, 0.3) is 0 Å². The van der Waals surface area contributed by atoms with Crippen molar-refractivity contribution in [2.45, 2.75) is 31.7 Å². The highest BCUT2D eigenvalue weighted by Gasteiger charge is 2.24. The van der Waals surface area contributed by atoms with Crippen LogP contribution in [0.3, 0.4) is 0 Å². The zero-order valence-electron chi connectivity index (χ0n) is 8.55. The number of hydrogen-bond acceptors (Lipinski definition) is 1. The number of halogens is 2. The Morgan fingerprint density at radius 1 is 1.33 bits per heavy atom. The second-order valence-electron chi connectivity index (χ2n) is 4.24. The average molecular weight is 289 g/mol. The lowest BCUT2D eigenvalue weighted by Crippen LogP contribution is -2.19. The van der Waals surface area contributed by atoms with Crippen LogP contribution in [0.4, 0.5) is 0 Å². The minimum Gasteiger partial charge on any atom is -0.324 e. The Hall–Kier alpha value is -0.0500. The Balaban J connectivity index is 2.20. The minimum absolute atomic E-state index is 0.152. The Kier molecular flexibility index (Phi) is 3.70. The molecule has 0 spiro atoms. The molecule has 0 amide bonds. The van der Waals surface area contributed by atoms with E-state index in [1.807, 2.05) is 18.2 Å². The lowest BCUT2D eigenvalue weighted by molar-refractivity contribution is 0.444. The predicted molar refractivity (Wildman–Crippen MR) is 68.0 cm³/mol. The molecule has 1 aliphatic carbocycles. The topological polar surface area (TPSA) is 26.0 Å². The lowest BCUT2D eigenvalue weighted by Gasteiger charge is -2.20. The fraction of sp³-hybridized carbons (Fsp3) is 0.500. The summed E-state index contributed by atoms with van der Waals surface area (Å²) in [6.45, 7) is 0. The first kappa shape index (κ1) is 11.4. The van der Waals surface area contributed by atoms with Crippen molar-refractivity contribution < 1.29 is 0 Å². The SMILES string of the molecule is N[C@@H](c1ccc(Cl)cc1Br)C1CCCC1. The van der Waals surface area contributed by atoms with Gasteiger partial charge in [-0.1, -0.05) is 46.4 Å². The normalized spacial score (nSPS) is 19.4. The highest BCUT2D eigenvalue weighted by atomic mass is 79.9. The summed E-state index contributed by atoms with van der Waals surface area (Å²) in [4.78, 5) is 0. The molecule has 1 saturated carbocycles. The van der Waals surface area contributed by atoms with E-state index in [0.717, 1.165) is 9.50 Å². The molecule has 0 unspecified atom stereocenters. The van der Waals surface area contributed by atoms with Gasteiger partial charge in [-0.15, -0.1) is 0 Å². The Labute approximate surface area is 104 Å². The molecule has 2 rings (SSSR count). The molecule has 1 nitrogen and oxygen atoms in total. The smallest absolute Gasteiger partial charge is 0.0417 e. The van der Waals surface area contributed by atoms with E-state index in [-0.39, 0.29) is 6.04 Å². The third-order valence-corrected chi connectivity index (χ3v) is 4.15. The number of benzene rings is 1. The summed E-state index contributed by atoms with van der Waals surface area (Å²) in [7, 11) is 0. The molecule has 0 bridgehead atoms. The van der Waals surface area contributed by atoms with E-state index in [1.54, 1.807) is 0 Å². The molecule has 0 saturated heterocycles. The molecule has 0 aromatic heterocycles. The molecule has 82 valence electrons. The second-order valence-corrected chi connectivity index (χ2v) is 5.53. The van der Waals surface area contributed by atoms with E-state index < -0.39 is 0 Å². The highest BCUT2D eigenvalue weighted by Crippen LogP contribution is 2.37. The average Bonchev–Trinajstić information content (AvgIpc) is 2.69. The van der Waals surface area contributed by atoms with E-state index in [4.69, 9.17) is 17.3 Å². The minimum atomic E-state index is 0.152. The second kappa shape index (κ2) is 4.86. The molecule has 1 fully saturated rings. The molecule has 1 aromatic carbocycles. The van der Waals surface area contributed by atoms with E-state index >= 15 is 0 Å². The van der Waals surface area contributed by atoms with Gasteiger partial charge in [0.2, 0.25) is 0 Å². The van der Waals surface area contributed by atoms with Gasteiger partial charge in [0.05, 0.1) is 0 Å². The van der Waals surface area contributed by atoms with Gasteiger partial charge in [-0.3, -0.25) is 0 Å². The van der Waals surface area contributed by atoms with Crippen molar-refractivity contribution in [3.05, 3.63) is 33.3 Å². The largest absolute Gasteiger partial charge is 0.324 e. The van der Waals surface area contributed by atoms with Crippen LogP contribution in [-0.2, 0) is 0 Å². The fourth-order valence-corrected chi connectivity index (χ4v) is 3.29. The van der Waals surface area contributed by atoms with Crippen LogP contribution < -0.4 is 5.73 Å². The summed E-state index contributed by atoms with van der Waals surface area (Å²) in [5.74, 6) is 0.641. The van der Waals surface area contributed by atoms with Crippen molar-refractivity contribution in [3.8, 4) is 0 Å². The van der Waals surface area contributed by atoms with Crippen LogP contribution in [0.2, 0.25) is 5.02 Å². The van der Waals surface area contributed by atoms with E-state index in [0.29, 0.717) is 5.92 Å². The van der Waals surface area contributed by atoms with Crippen LogP contribution in [0.15, 0.2) is 22.7 Å². The summed E-state index contributed by atoms with van der Waals surface area (Å²) >= 11 is 9.44. The Bertz CT molecular complexity index is 347. The maximum Gasteiger partial charge on any atom is 0.0417 e. The molecule has 0 aliphatic heterocycles. The van der Waals surface area contributed by atoms with Gasteiger partial charge < -0.3 is 5.73 Å². The zero-order valence-corrected chi connectivity index (χ0v) is 10.9. The first-order valence-corrected chi connectivity index (χ1v) is 6.56. The van der Waals surface area contributed by atoms with Crippen molar-refractivity contribution in [1.29, 1.82) is 0 Å². The molecule has 1 atom stereocenters. The summed E-state index contributed by atoms with van der Waals surface area (Å²) in [6, 6.07) is 6.02. The van der Waals surface area contributed by atoms with Gasteiger partial charge in [0.1, 0.15) is 0 Å². The first-order valence-electron chi connectivity index (χ1n) is 5.39. The van der Waals surface area contributed by atoms with Crippen molar-refractivity contribution in [2.24, 2.45) is 11.7 Å². The fourth-order valence-electron chi connectivity index (χ4n) is 2.34. The van der Waals surface area contributed by atoms with Crippen LogP contribution in [0, 0.1) is 5.92 Å². The van der Waals surface area contributed by atoms with E-state index in [9.17, 15) is 0 Å². The van der Waals surface area contributed by atoms with Gasteiger partial charge in [0.15, 0.2) is 0 Å². The maximum absolute atomic E-state index is 6.28. The standard InChI is InChI=1S/C12H15BrClN/c13-11-7-9(14)5-6-10(11)12(15)8-3-1-2-4-8/h5-8,12H,1-4,15H2/t12-/m1/s1.